The highest BCUT2D eigenvalue weighted by molar-refractivity contribution is 5.96. The van der Waals surface area contributed by atoms with Gasteiger partial charge in [-0.15, -0.1) is 0 Å². The summed E-state index contributed by atoms with van der Waals surface area (Å²) in [5.74, 6) is 0.0887. The molecular weight excluding hydrogens is 334 g/mol. The minimum Gasteiger partial charge on any atom is -0.370 e. The molecule has 3 aromatic carbocycles. The number of hydrogen-bond donors (Lipinski definition) is 0. The number of ether oxygens (including phenoxy) is 1. The first-order valence-corrected chi connectivity index (χ1v) is 9.39. The highest BCUT2D eigenvalue weighted by Gasteiger charge is 2.27. The van der Waals surface area contributed by atoms with Crippen molar-refractivity contribution in [2.45, 2.75) is 12.5 Å². The average Bonchev–Trinajstić information content (AvgIpc) is 2.75. The maximum Gasteiger partial charge on any atom is 0.254 e. The summed E-state index contributed by atoms with van der Waals surface area (Å²) in [7, 11) is 0. The fourth-order valence-electron chi connectivity index (χ4n) is 3.57. The van der Waals surface area contributed by atoms with Crippen LogP contribution in [0.4, 0.5) is 0 Å². The molecule has 0 aliphatic carbocycles. The van der Waals surface area contributed by atoms with Crippen molar-refractivity contribution in [1.29, 1.82) is 0 Å². The number of rotatable bonds is 4. The van der Waals surface area contributed by atoms with Crippen LogP contribution in [0.25, 0.3) is 0 Å². The molecule has 0 bridgehead atoms. The Bertz CT molecular complexity index is 893. The molecule has 1 amide bonds. The number of benzene rings is 3. The molecule has 0 aromatic heterocycles. The van der Waals surface area contributed by atoms with Crippen molar-refractivity contribution in [2.24, 2.45) is 0 Å². The quantitative estimate of drug-likeness (QED) is 0.688. The van der Waals surface area contributed by atoms with Crippen LogP contribution in [-0.2, 0) is 11.2 Å². The predicted octanol–water partition coefficient (Wildman–Crippen LogP) is 4.49. The molecule has 0 spiro atoms. The molecule has 1 heterocycles. The van der Waals surface area contributed by atoms with Gasteiger partial charge in [0.2, 0.25) is 0 Å². The minimum atomic E-state index is -0.0646. The van der Waals surface area contributed by atoms with Crippen LogP contribution in [0, 0.1) is 0 Å². The van der Waals surface area contributed by atoms with Crippen LogP contribution >= 0.6 is 0 Å². The van der Waals surface area contributed by atoms with Crippen molar-refractivity contribution in [3.05, 3.63) is 107 Å². The number of hydrogen-bond acceptors (Lipinski definition) is 2. The summed E-state index contributed by atoms with van der Waals surface area (Å²) < 4.78 is 5.91. The van der Waals surface area contributed by atoms with Gasteiger partial charge in [-0.2, -0.15) is 0 Å². The maximum absolute atomic E-state index is 13.3. The number of carbonyl (C=O) groups excluding carboxylic acids is 1. The van der Waals surface area contributed by atoms with E-state index < -0.39 is 0 Å². The van der Waals surface area contributed by atoms with Gasteiger partial charge in [0.05, 0.1) is 13.2 Å². The van der Waals surface area contributed by atoms with E-state index in [-0.39, 0.29) is 12.0 Å². The molecule has 1 unspecified atom stereocenters. The van der Waals surface area contributed by atoms with Crippen LogP contribution < -0.4 is 0 Å². The van der Waals surface area contributed by atoms with E-state index in [1.165, 1.54) is 5.56 Å². The normalized spacial score (nSPS) is 16.9. The third kappa shape index (κ3) is 4.09. The minimum absolute atomic E-state index is 0.0646. The molecule has 3 nitrogen and oxygen atoms in total. The lowest BCUT2D eigenvalue weighted by atomic mass is 9.98. The molecule has 136 valence electrons. The molecule has 1 fully saturated rings. The van der Waals surface area contributed by atoms with E-state index in [0.29, 0.717) is 19.7 Å². The Morgan fingerprint density at radius 3 is 2.33 bits per heavy atom. The molecule has 4 rings (SSSR count). The summed E-state index contributed by atoms with van der Waals surface area (Å²) in [6.45, 7) is 1.77. The molecule has 1 atom stereocenters. The third-order valence-corrected chi connectivity index (χ3v) is 5.01. The Balaban J connectivity index is 1.54. The fourth-order valence-corrected chi connectivity index (χ4v) is 3.57. The Hall–Kier alpha value is -2.91. The van der Waals surface area contributed by atoms with E-state index >= 15 is 0 Å². The molecule has 0 N–H and O–H groups in total. The van der Waals surface area contributed by atoms with Gasteiger partial charge in [0.25, 0.3) is 5.91 Å². The van der Waals surface area contributed by atoms with Crippen molar-refractivity contribution in [2.75, 3.05) is 19.7 Å². The maximum atomic E-state index is 13.3. The molecule has 27 heavy (non-hydrogen) atoms. The van der Waals surface area contributed by atoms with Gasteiger partial charge in [-0.1, -0.05) is 78.9 Å². The van der Waals surface area contributed by atoms with Crippen LogP contribution in [0.3, 0.4) is 0 Å². The first kappa shape index (κ1) is 17.5. The van der Waals surface area contributed by atoms with Crippen molar-refractivity contribution in [3.8, 4) is 0 Å². The first-order chi connectivity index (χ1) is 13.3. The van der Waals surface area contributed by atoms with Crippen molar-refractivity contribution in [3.63, 3.8) is 0 Å². The van der Waals surface area contributed by atoms with E-state index in [0.717, 1.165) is 23.1 Å². The lowest BCUT2D eigenvalue weighted by molar-refractivity contribution is -0.0228. The Labute approximate surface area is 160 Å². The van der Waals surface area contributed by atoms with Gasteiger partial charge in [0.15, 0.2) is 0 Å². The average molecular weight is 357 g/mol. The van der Waals surface area contributed by atoms with Gasteiger partial charge >= 0.3 is 0 Å². The molecule has 3 aromatic rings. The van der Waals surface area contributed by atoms with Crippen LogP contribution in [0.5, 0.6) is 0 Å². The second-order valence-electron chi connectivity index (χ2n) is 6.84. The largest absolute Gasteiger partial charge is 0.370 e. The predicted molar refractivity (Wildman–Crippen MR) is 107 cm³/mol. The fraction of sp³-hybridized carbons (Fsp3) is 0.208. The highest BCUT2D eigenvalue weighted by Crippen LogP contribution is 2.24. The third-order valence-electron chi connectivity index (χ3n) is 5.01. The highest BCUT2D eigenvalue weighted by atomic mass is 16.5. The van der Waals surface area contributed by atoms with Crippen LogP contribution in [0.2, 0.25) is 0 Å². The Kier molecular flexibility index (Phi) is 5.31. The van der Waals surface area contributed by atoms with Crippen LogP contribution in [0.15, 0.2) is 84.9 Å². The lowest BCUT2D eigenvalue weighted by Crippen LogP contribution is -2.42. The Morgan fingerprint density at radius 2 is 1.56 bits per heavy atom. The van der Waals surface area contributed by atoms with Gasteiger partial charge in [-0.3, -0.25) is 4.79 Å². The van der Waals surface area contributed by atoms with Gasteiger partial charge in [-0.05, 0) is 29.2 Å². The van der Waals surface area contributed by atoms with Crippen molar-refractivity contribution < 1.29 is 9.53 Å². The van der Waals surface area contributed by atoms with E-state index in [2.05, 4.69) is 30.3 Å². The molecule has 3 heteroatoms. The molecule has 1 aliphatic heterocycles. The topological polar surface area (TPSA) is 29.5 Å². The summed E-state index contributed by atoms with van der Waals surface area (Å²) in [6, 6.07) is 28.3. The van der Waals surface area contributed by atoms with Gasteiger partial charge in [0.1, 0.15) is 6.10 Å². The van der Waals surface area contributed by atoms with Crippen molar-refractivity contribution in [1.82, 2.24) is 4.90 Å². The Morgan fingerprint density at radius 1 is 0.889 bits per heavy atom. The summed E-state index contributed by atoms with van der Waals surface area (Å²) in [4.78, 5) is 15.2. The number of nitrogens with zero attached hydrogens (tertiary/aromatic N) is 1. The first-order valence-electron chi connectivity index (χ1n) is 9.39. The zero-order chi connectivity index (χ0) is 18.5. The van der Waals surface area contributed by atoms with Gasteiger partial charge in [-0.25, -0.2) is 0 Å². The molecular formula is C24H23NO2. The van der Waals surface area contributed by atoms with Gasteiger partial charge in [0, 0.05) is 12.1 Å². The second kappa shape index (κ2) is 8.19. The second-order valence-corrected chi connectivity index (χ2v) is 6.84. The van der Waals surface area contributed by atoms with Crippen LogP contribution in [-0.4, -0.2) is 30.5 Å². The number of carbonyl (C=O) groups is 1. The monoisotopic (exact) mass is 357 g/mol. The summed E-state index contributed by atoms with van der Waals surface area (Å²) in [5, 5.41) is 0. The summed E-state index contributed by atoms with van der Waals surface area (Å²) >= 11 is 0. The zero-order valence-electron chi connectivity index (χ0n) is 15.3. The lowest BCUT2D eigenvalue weighted by Gasteiger charge is -2.33. The number of amides is 1. The van der Waals surface area contributed by atoms with E-state index in [1.807, 2.05) is 59.5 Å². The van der Waals surface area contributed by atoms with Gasteiger partial charge < -0.3 is 9.64 Å². The zero-order valence-corrected chi connectivity index (χ0v) is 15.3. The van der Waals surface area contributed by atoms with Crippen molar-refractivity contribution >= 4 is 5.91 Å². The van der Waals surface area contributed by atoms with E-state index in [9.17, 15) is 4.79 Å². The summed E-state index contributed by atoms with van der Waals surface area (Å²) in [6.07, 6.45) is 0.694. The standard InChI is InChI=1S/C24H23NO2/c26-24(25-15-16-27-23(18-25)20-11-5-2-6-12-20)22-14-8-7-13-21(22)17-19-9-3-1-4-10-19/h1-14,23H,15-18H2. The summed E-state index contributed by atoms with van der Waals surface area (Å²) in [5.41, 5.74) is 4.18. The van der Waals surface area contributed by atoms with Crippen LogP contribution in [0.1, 0.15) is 33.2 Å². The smallest absolute Gasteiger partial charge is 0.254 e. The molecule has 0 saturated carbocycles. The number of morpholine rings is 1. The molecule has 0 radical (unpaired) electrons. The molecule has 1 aliphatic rings. The molecule has 1 saturated heterocycles. The SMILES string of the molecule is O=C(c1ccccc1Cc1ccccc1)N1CCOC(c2ccccc2)C1. The van der Waals surface area contributed by atoms with E-state index in [1.54, 1.807) is 0 Å². The van der Waals surface area contributed by atoms with E-state index in [4.69, 9.17) is 4.74 Å².